The summed E-state index contributed by atoms with van der Waals surface area (Å²) in [6, 6.07) is 7.54. The smallest absolute Gasteiger partial charge is 0.336 e. The van der Waals surface area contributed by atoms with Gasteiger partial charge in [-0.25, -0.2) is 9.18 Å². The summed E-state index contributed by atoms with van der Waals surface area (Å²) in [6.45, 7) is 3.69. The Bertz CT molecular complexity index is 769. The molecular formula is C18H18FNO3. The number of methoxy groups -OCH3 is 1. The van der Waals surface area contributed by atoms with Crippen LogP contribution in [0.1, 0.15) is 29.8 Å². The predicted octanol–water partition coefficient (Wildman–Crippen LogP) is 4.48. The molecule has 2 rings (SSSR count). The number of ether oxygens (including phenoxy) is 1. The summed E-state index contributed by atoms with van der Waals surface area (Å²) in [5.41, 5.74) is 1.83. The second-order valence-corrected chi connectivity index (χ2v) is 4.89. The zero-order valence-electron chi connectivity index (χ0n) is 13.3. The van der Waals surface area contributed by atoms with Gasteiger partial charge in [0.05, 0.1) is 23.9 Å². The molecule has 0 radical (unpaired) electrons. The first kappa shape index (κ1) is 16.7. The van der Waals surface area contributed by atoms with Crippen LogP contribution in [0.25, 0.3) is 11.1 Å². The summed E-state index contributed by atoms with van der Waals surface area (Å²) in [5, 5.41) is 9.52. The summed E-state index contributed by atoms with van der Waals surface area (Å²) >= 11 is 0. The summed E-state index contributed by atoms with van der Waals surface area (Å²) in [7, 11) is 1.42. The Labute approximate surface area is 134 Å². The van der Waals surface area contributed by atoms with Crippen LogP contribution in [0.2, 0.25) is 0 Å². The van der Waals surface area contributed by atoms with Crippen LogP contribution in [0.3, 0.4) is 0 Å². The van der Waals surface area contributed by atoms with Gasteiger partial charge in [0.2, 0.25) is 0 Å². The van der Waals surface area contributed by atoms with Crippen LogP contribution >= 0.6 is 0 Å². The van der Waals surface area contributed by atoms with Gasteiger partial charge in [-0.1, -0.05) is 13.0 Å². The zero-order valence-corrected chi connectivity index (χ0v) is 13.3. The lowest BCUT2D eigenvalue weighted by Gasteiger charge is -2.15. The third kappa shape index (κ3) is 3.23. The van der Waals surface area contributed by atoms with Gasteiger partial charge in [-0.3, -0.25) is 4.99 Å². The molecule has 0 aliphatic heterocycles. The van der Waals surface area contributed by atoms with E-state index in [1.54, 1.807) is 31.3 Å². The average molecular weight is 315 g/mol. The number of halogens is 1. The van der Waals surface area contributed by atoms with E-state index < -0.39 is 11.8 Å². The van der Waals surface area contributed by atoms with E-state index in [1.807, 2.05) is 6.92 Å². The third-order valence-electron chi connectivity index (χ3n) is 3.56. The first-order chi connectivity index (χ1) is 11.0. The van der Waals surface area contributed by atoms with Gasteiger partial charge in [0.1, 0.15) is 11.6 Å². The highest BCUT2D eigenvalue weighted by atomic mass is 19.1. The maximum absolute atomic E-state index is 14.4. The van der Waals surface area contributed by atoms with E-state index in [2.05, 4.69) is 4.99 Å². The van der Waals surface area contributed by atoms with Crippen LogP contribution in [0.15, 0.2) is 35.3 Å². The Balaban J connectivity index is 2.85. The highest BCUT2D eigenvalue weighted by Gasteiger charge is 2.21. The molecular weight excluding hydrogens is 297 g/mol. The van der Waals surface area contributed by atoms with Gasteiger partial charge in [0.15, 0.2) is 0 Å². The van der Waals surface area contributed by atoms with Gasteiger partial charge in [0, 0.05) is 11.8 Å². The van der Waals surface area contributed by atoms with Crippen molar-refractivity contribution < 1.29 is 19.0 Å². The number of rotatable bonds is 5. The molecule has 0 aliphatic rings. The number of hydrogen-bond donors (Lipinski definition) is 1. The Morgan fingerprint density at radius 1 is 1.39 bits per heavy atom. The Morgan fingerprint density at radius 3 is 2.70 bits per heavy atom. The van der Waals surface area contributed by atoms with Gasteiger partial charge >= 0.3 is 5.97 Å². The molecule has 0 fully saturated rings. The molecule has 0 unspecified atom stereocenters. The molecule has 120 valence electrons. The van der Waals surface area contributed by atoms with Crippen LogP contribution in [-0.4, -0.2) is 24.4 Å². The van der Waals surface area contributed by atoms with E-state index in [1.165, 1.54) is 19.2 Å². The van der Waals surface area contributed by atoms with Gasteiger partial charge in [-0.15, -0.1) is 0 Å². The van der Waals surface area contributed by atoms with Crippen LogP contribution in [0.4, 0.5) is 10.1 Å². The maximum Gasteiger partial charge on any atom is 0.336 e. The number of hydrogen-bond acceptors (Lipinski definition) is 3. The van der Waals surface area contributed by atoms with Crippen molar-refractivity contribution in [3.05, 3.63) is 47.3 Å². The van der Waals surface area contributed by atoms with E-state index >= 15 is 0 Å². The van der Waals surface area contributed by atoms with Crippen molar-refractivity contribution in [2.24, 2.45) is 4.99 Å². The fourth-order valence-corrected chi connectivity index (χ4v) is 2.50. The summed E-state index contributed by atoms with van der Waals surface area (Å²) < 4.78 is 19.6. The van der Waals surface area contributed by atoms with Crippen molar-refractivity contribution in [2.45, 2.75) is 20.3 Å². The van der Waals surface area contributed by atoms with Crippen molar-refractivity contribution in [1.82, 2.24) is 0 Å². The molecule has 23 heavy (non-hydrogen) atoms. The molecule has 0 aliphatic carbocycles. The van der Waals surface area contributed by atoms with Gasteiger partial charge in [0.25, 0.3) is 0 Å². The number of carboxylic acids is 1. The van der Waals surface area contributed by atoms with Crippen molar-refractivity contribution >= 4 is 17.9 Å². The molecule has 0 saturated heterocycles. The quantitative estimate of drug-likeness (QED) is 0.827. The fourth-order valence-electron chi connectivity index (χ4n) is 2.50. The van der Waals surface area contributed by atoms with E-state index in [-0.39, 0.29) is 22.4 Å². The standard InChI is InChI=1S/C18H18FNO3/c1-4-11-9-13(18(21)22)12(10-15(11)20-5-2)17-14(19)7-6-8-16(17)23-3/h5-10H,4H2,1-3H3,(H,21,22)/b20-5-. The number of benzene rings is 2. The Morgan fingerprint density at radius 2 is 2.13 bits per heavy atom. The highest BCUT2D eigenvalue weighted by molar-refractivity contribution is 5.98. The lowest BCUT2D eigenvalue weighted by molar-refractivity contribution is 0.0697. The highest BCUT2D eigenvalue weighted by Crippen LogP contribution is 2.38. The number of aliphatic imine (C=N–C) groups is 1. The minimum Gasteiger partial charge on any atom is -0.496 e. The van der Waals surface area contributed by atoms with Crippen LogP contribution in [-0.2, 0) is 6.42 Å². The Kier molecular flexibility index (Phi) is 5.11. The van der Waals surface area contributed by atoms with Crippen molar-refractivity contribution in [3.63, 3.8) is 0 Å². The molecule has 0 spiro atoms. The number of aryl methyl sites for hydroxylation is 1. The predicted molar refractivity (Wildman–Crippen MR) is 88.6 cm³/mol. The molecule has 0 amide bonds. The van der Waals surface area contributed by atoms with E-state index in [0.717, 1.165) is 5.56 Å². The van der Waals surface area contributed by atoms with Crippen molar-refractivity contribution in [3.8, 4) is 16.9 Å². The summed E-state index contributed by atoms with van der Waals surface area (Å²) in [4.78, 5) is 15.9. The molecule has 0 saturated carbocycles. The van der Waals surface area contributed by atoms with Crippen LogP contribution in [0.5, 0.6) is 5.75 Å². The van der Waals surface area contributed by atoms with Gasteiger partial charge in [-0.2, -0.15) is 0 Å². The lowest BCUT2D eigenvalue weighted by atomic mass is 9.94. The van der Waals surface area contributed by atoms with Crippen molar-refractivity contribution in [2.75, 3.05) is 7.11 Å². The zero-order chi connectivity index (χ0) is 17.0. The van der Waals surface area contributed by atoms with Crippen LogP contribution < -0.4 is 4.74 Å². The average Bonchev–Trinajstić information content (AvgIpc) is 2.54. The molecule has 0 heterocycles. The number of aromatic carboxylic acids is 1. The summed E-state index contributed by atoms with van der Waals surface area (Å²) in [5.74, 6) is -1.38. The minimum atomic E-state index is -1.12. The molecule has 0 atom stereocenters. The van der Waals surface area contributed by atoms with Gasteiger partial charge < -0.3 is 9.84 Å². The molecule has 2 aromatic rings. The normalized spacial score (nSPS) is 11.0. The first-order valence-corrected chi connectivity index (χ1v) is 7.25. The second kappa shape index (κ2) is 7.05. The molecule has 1 N–H and O–H groups in total. The molecule has 0 bridgehead atoms. The fraction of sp³-hybridized carbons (Fsp3) is 0.222. The monoisotopic (exact) mass is 315 g/mol. The first-order valence-electron chi connectivity index (χ1n) is 7.25. The molecule has 2 aromatic carbocycles. The lowest BCUT2D eigenvalue weighted by Crippen LogP contribution is -2.03. The minimum absolute atomic E-state index is 0.0281. The maximum atomic E-state index is 14.4. The molecule has 5 heteroatoms. The van der Waals surface area contributed by atoms with E-state index in [9.17, 15) is 14.3 Å². The van der Waals surface area contributed by atoms with Crippen molar-refractivity contribution in [1.29, 1.82) is 0 Å². The molecule has 0 aromatic heterocycles. The van der Waals surface area contributed by atoms with E-state index in [0.29, 0.717) is 12.1 Å². The number of carbonyl (C=O) groups is 1. The second-order valence-electron chi connectivity index (χ2n) is 4.89. The topological polar surface area (TPSA) is 58.9 Å². The third-order valence-corrected chi connectivity index (χ3v) is 3.56. The SMILES string of the molecule is C/C=N\c1cc(-c2c(F)cccc2OC)c(C(=O)O)cc1CC. The summed E-state index contributed by atoms with van der Waals surface area (Å²) in [6.07, 6.45) is 2.25. The Hall–Kier alpha value is -2.69. The van der Waals surface area contributed by atoms with Gasteiger partial charge in [-0.05, 0) is 43.2 Å². The number of carboxylic acid groups (broad SMARTS) is 1. The van der Waals surface area contributed by atoms with Crippen LogP contribution in [0, 0.1) is 5.82 Å². The largest absolute Gasteiger partial charge is 0.496 e. The van der Waals surface area contributed by atoms with E-state index in [4.69, 9.17) is 4.74 Å². The number of nitrogens with zero attached hydrogens (tertiary/aromatic N) is 1. The molecule has 4 nitrogen and oxygen atoms in total.